The molecule has 0 aliphatic carbocycles. The summed E-state index contributed by atoms with van der Waals surface area (Å²) in [5, 5.41) is 6.15. The zero-order valence-electron chi connectivity index (χ0n) is 21.9. The van der Waals surface area contributed by atoms with E-state index in [1.165, 1.54) is 36.4 Å². The van der Waals surface area contributed by atoms with Crippen molar-refractivity contribution in [2.75, 3.05) is 11.9 Å². The standard InChI is InChI=1S/C32H27F2N3O4/c33-23-6-11-26(12-7-23)41-27-13-9-25(10-14-27)36-32(39)30(20-40-19-21-4-2-1-3-5-21)37-31(38)16-22-18-35-29-15-8-24(34)17-28(22)29/h1-15,17-18,30,35H,16,19-20H2,(H,36,39)(H,37,38). The fourth-order valence-electron chi connectivity index (χ4n) is 4.24. The Morgan fingerprint density at radius 1 is 0.829 bits per heavy atom. The molecule has 1 heterocycles. The summed E-state index contributed by atoms with van der Waals surface area (Å²) in [6.45, 7) is 0.193. The van der Waals surface area contributed by atoms with Gasteiger partial charge in [-0.2, -0.15) is 0 Å². The van der Waals surface area contributed by atoms with Crippen molar-refractivity contribution in [1.29, 1.82) is 0 Å². The maximum Gasteiger partial charge on any atom is 0.249 e. The largest absolute Gasteiger partial charge is 0.457 e. The Morgan fingerprint density at radius 3 is 2.24 bits per heavy atom. The number of aromatic amines is 1. The summed E-state index contributed by atoms with van der Waals surface area (Å²) < 4.78 is 38.4. The van der Waals surface area contributed by atoms with Crippen LogP contribution in [0.5, 0.6) is 11.5 Å². The molecule has 208 valence electrons. The second-order valence-electron chi connectivity index (χ2n) is 9.37. The maximum atomic E-state index is 13.8. The van der Waals surface area contributed by atoms with Crippen LogP contribution in [0.15, 0.2) is 103 Å². The van der Waals surface area contributed by atoms with E-state index < -0.39 is 23.7 Å². The molecule has 0 fully saturated rings. The molecule has 0 aliphatic heterocycles. The molecule has 1 aromatic heterocycles. The fourth-order valence-corrected chi connectivity index (χ4v) is 4.24. The summed E-state index contributed by atoms with van der Waals surface area (Å²) in [5.74, 6) is -0.676. The van der Waals surface area contributed by atoms with Crippen LogP contribution < -0.4 is 15.4 Å². The number of H-pyrrole nitrogens is 1. The molecule has 1 atom stereocenters. The fraction of sp³-hybridized carbons (Fsp3) is 0.125. The van der Waals surface area contributed by atoms with Crippen molar-refractivity contribution in [3.05, 3.63) is 126 Å². The van der Waals surface area contributed by atoms with E-state index in [1.807, 2.05) is 30.3 Å². The van der Waals surface area contributed by atoms with Crippen LogP contribution >= 0.6 is 0 Å². The number of hydrogen-bond donors (Lipinski definition) is 3. The molecule has 9 heteroatoms. The molecule has 0 radical (unpaired) electrons. The molecule has 3 N–H and O–H groups in total. The van der Waals surface area contributed by atoms with E-state index in [2.05, 4.69) is 15.6 Å². The van der Waals surface area contributed by atoms with Gasteiger partial charge in [0.25, 0.3) is 0 Å². The third-order valence-electron chi connectivity index (χ3n) is 6.30. The first-order valence-corrected chi connectivity index (χ1v) is 12.9. The average Bonchev–Trinajstić information content (AvgIpc) is 3.36. The second-order valence-corrected chi connectivity index (χ2v) is 9.37. The Hall–Kier alpha value is -5.02. The third-order valence-corrected chi connectivity index (χ3v) is 6.30. The van der Waals surface area contributed by atoms with E-state index in [0.717, 1.165) is 5.56 Å². The number of carbonyl (C=O) groups is 2. The van der Waals surface area contributed by atoms with E-state index in [0.29, 0.717) is 33.7 Å². The van der Waals surface area contributed by atoms with Crippen LogP contribution in [0.1, 0.15) is 11.1 Å². The Morgan fingerprint density at radius 2 is 1.51 bits per heavy atom. The van der Waals surface area contributed by atoms with Crippen molar-refractivity contribution in [2.45, 2.75) is 19.1 Å². The molecule has 4 aromatic carbocycles. The lowest BCUT2D eigenvalue weighted by Crippen LogP contribution is -2.47. The number of rotatable bonds is 11. The van der Waals surface area contributed by atoms with E-state index in [1.54, 1.807) is 36.5 Å². The topological polar surface area (TPSA) is 92.5 Å². The molecule has 0 saturated heterocycles. The summed E-state index contributed by atoms with van der Waals surface area (Å²) in [4.78, 5) is 29.2. The number of amides is 2. The quantitative estimate of drug-likeness (QED) is 0.183. The predicted octanol–water partition coefficient (Wildman–Crippen LogP) is 6.12. The number of benzene rings is 4. The first kappa shape index (κ1) is 27.5. The van der Waals surface area contributed by atoms with Gasteiger partial charge in [0.2, 0.25) is 11.8 Å². The maximum absolute atomic E-state index is 13.8. The van der Waals surface area contributed by atoms with Crippen molar-refractivity contribution < 1.29 is 27.8 Å². The van der Waals surface area contributed by atoms with E-state index >= 15 is 0 Å². The third kappa shape index (κ3) is 7.55. The molecule has 0 bridgehead atoms. The molecule has 0 aliphatic rings. The van der Waals surface area contributed by atoms with Crippen molar-refractivity contribution in [1.82, 2.24) is 10.3 Å². The van der Waals surface area contributed by atoms with Crippen LogP contribution in [0.3, 0.4) is 0 Å². The van der Waals surface area contributed by atoms with Crippen LogP contribution in [0, 0.1) is 11.6 Å². The normalized spacial score (nSPS) is 11.7. The van der Waals surface area contributed by atoms with Gasteiger partial charge in [-0.25, -0.2) is 8.78 Å². The summed E-state index contributed by atoms with van der Waals surface area (Å²) in [6, 6.07) is 25.1. The zero-order valence-corrected chi connectivity index (χ0v) is 21.9. The zero-order chi connectivity index (χ0) is 28.6. The molecule has 0 spiro atoms. The molecule has 41 heavy (non-hydrogen) atoms. The first-order chi connectivity index (χ1) is 19.9. The summed E-state index contributed by atoms with van der Waals surface area (Å²) in [6.07, 6.45) is 1.60. The highest BCUT2D eigenvalue weighted by molar-refractivity contribution is 5.98. The Bertz CT molecular complexity index is 1620. The molecule has 5 aromatic rings. The molecule has 1 unspecified atom stereocenters. The molecular formula is C32H27F2N3O4. The van der Waals surface area contributed by atoms with Crippen molar-refractivity contribution >= 4 is 28.4 Å². The van der Waals surface area contributed by atoms with Gasteiger partial charge in [0.05, 0.1) is 19.6 Å². The number of ether oxygens (including phenoxy) is 2. The minimum atomic E-state index is -0.997. The lowest BCUT2D eigenvalue weighted by molar-refractivity contribution is -0.127. The smallest absolute Gasteiger partial charge is 0.249 e. The highest BCUT2D eigenvalue weighted by atomic mass is 19.1. The van der Waals surface area contributed by atoms with Crippen LogP contribution in [0.4, 0.5) is 14.5 Å². The van der Waals surface area contributed by atoms with Gasteiger partial charge < -0.3 is 25.1 Å². The van der Waals surface area contributed by atoms with Crippen molar-refractivity contribution in [3.63, 3.8) is 0 Å². The van der Waals surface area contributed by atoms with Crippen LogP contribution in [0.2, 0.25) is 0 Å². The molecule has 2 amide bonds. The second kappa shape index (κ2) is 12.9. The Labute approximate surface area is 235 Å². The van der Waals surface area contributed by atoms with Gasteiger partial charge in [-0.15, -0.1) is 0 Å². The highest BCUT2D eigenvalue weighted by Crippen LogP contribution is 2.23. The van der Waals surface area contributed by atoms with Gasteiger partial charge in [0, 0.05) is 22.8 Å². The van der Waals surface area contributed by atoms with Crippen LogP contribution in [-0.2, 0) is 27.4 Å². The monoisotopic (exact) mass is 555 g/mol. The highest BCUT2D eigenvalue weighted by Gasteiger charge is 2.22. The number of nitrogens with one attached hydrogen (secondary N) is 3. The van der Waals surface area contributed by atoms with E-state index in [-0.39, 0.29) is 25.5 Å². The van der Waals surface area contributed by atoms with Crippen molar-refractivity contribution in [2.24, 2.45) is 0 Å². The van der Waals surface area contributed by atoms with Crippen LogP contribution in [-0.4, -0.2) is 29.4 Å². The summed E-state index contributed by atoms with van der Waals surface area (Å²) >= 11 is 0. The number of anilines is 1. The predicted molar refractivity (Wildman–Crippen MR) is 152 cm³/mol. The summed E-state index contributed by atoms with van der Waals surface area (Å²) in [7, 11) is 0. The first-order valence-electron chi connectivity index (χ1n) is 12.9. The molecule has 7 nitrogen and oxygen atoms in total. The molecular weight excluding hydrogens is 528 g/mol. The minimum absolute atomic E-state index is 0.0542. The van der Waals surface area contributed by atoms with Gasteiger partial charge in [0.15, 0.2) is 0 Å². The average molecular weight is 556 g/mol. The number of carbonyl (C=O) groups excluding carboxylic acids is 2. The number of halogens is 2. The number of hydrogen-bond acceptors (Lipinski definition) is 4. The van der Waals surface area contributed by atoms with E-state index in [4.69, 9.17) is 9.47 Å². The lowest BCUT2D eigenvalue weighted by Gasteiger charge is -2.19. The van der Waals surface area contributed by atoms with Crippen molar-refractivity contribution in [3.8, 4) is 11.5 Å². The van der Waals surface area contributed by atoms with Gasteiger partial charge >= 0.3 is 0 Å². The minimum Gasteiger partial charge on any atom is -0.457 e. The van der Waals surface area contributed by atoms with Crippen LogP contribution in [0.25, 0.3) is 10.9 Å². The number of fused-ring (bicyclic) bond motifs is 1. The lowest BCUT2D eigenvalue weighted by atomic mass is 10.1. The van der Waals surface area contributed by atoms with Gasteiger partial charge in [-0.3, -0.25) is 9.59 Å². The molecule has 0 saturated carbocycles. The van der Waals surface area contributed by atoms with Gasteiger partial charge in [0.1, 0.15) is 29.2 Å². The van der Waals surface area contributed by atoms with Gasteiger partial charge in [-0.1, -0.05) is 30.3 Å². The van der Waals surface area contributed by atoms with E-state index in [9.17, 15) is 18.4 Å². The number of aromatic nitrogens is 1. The summed E-state index contributed by atoms with van der Waals surface area (Å²) in [5.41, 5.74) is 2.73. The SMILES string of the molecule is O=C(Cc1c[nH]c2ccc(F)cc12)NC(COCc1ccccc1)C(=O)Nc1ccc(Oc2ccc(F)cc2)cc1. The Kier molecular flexibility index (Phi) is 8.66. The Balaban J connectivity index is 1.24. The molecule has 5 rings (SSSR count). The van der Waals surface area contributed by atoms with Gasteiger partial charge in [-0.05, 0) is 77.9 Å².